The fourth-order valence-corrected chi connectivity index (χ4v) is 2.69. The van der Waals surface area contributed by atoms with Gasteiger partial charge in [-0.1, -0.05) is 6.07 Å². The molecule has 2 heterocycles. The lowest BCUT2D eigenvalue weighted by Crippen LogP contribution is -2.04. The van der Waals surface area contributed by atoms with E-state index >= 15 is 0 Å². The Balaban J connectivity index is 1.38. The summed E-state index contributed by atoms with van der Waals surface area (Å²) in [6, 6.07) is 15.4. The van der Waals surface area contributed by atoms with Crippen molar-refractivity contribution in [3.63, 3.8) is 0 Å². The molecule has 0 aliphatic carbocycles. The van der Waals surface area contributed by atoms with E-state index in [2.05, 4.69) is 20.6 Å². The highest BCUT2D eigenvalue weighted by Crippen LogP contribution is 2.32. The van der Waals surface area contributed by atoms with Gasteiger partial charge in [0.2, 0.25) is 12.7 Å². The van der Waals surface area contributed by atoms with Crippen LogP contribution in [0.15, 0.2) is 54.7 Å². The molecular weight excluding hydrogens is 344 g/mol. The first kappa shape index (κ1) is 17.0. The molecule has 2 aromatic carbocycles. The molecule has 4 rings (SSSR count). The van der Waals surface area contributed by atoms with Crippen LogP contribution in [0.5, 0.6) is 17.2 Å². The van der Waals surface area contributed by atoms with Crippen LogP contribution in [-0.2, 0) is 6.54 Å². The number of benzene rings is 2. The SMILES string of the molecule is CCOc1ccc(Nc2nccc(NCc3ccc4c(c3)OCO4)n2)cc1. The molecular formula is C20H20N4O3. The molecule has 0 saturated carbocycles. The highest BCUT2D eigenvalue weighted by Gasteiger charge is 2.13. The molecule has 0 radical (unpaired) electrons. The first-order valence-corrected chi connectivity index (χ1v) is 8.75. The third-order valence-corrected chi connectivity index (χ3v) is 3.99. The molecule has 0 amide bonds. The standard InChI is InChI=1S/C20H20N4O3/c1-2-25-16-6-4-15(5-7-16)23-20-21-10-9-19(24-20)22-12-14-3-8-17-18(11-14)27-13-26-17/h3-11H,2,12-13H2,1H3,(H2,21,22,23,24). The molecule has 0 saturated heterocycles. The zero-order chi connectivity index (χ0) is 18.5. The fourth-order valence-electron chi connectivity index (χ4n) is 2.69. The Morgan fingerprint density at radius 2 is 1.89 bits per heavy atom. The summed E-state index contributed by atoms with van der Waals surface area (Å²) in [5.74, 6) is 3.64. The summed E-state index contributed by atoms with van der Waals surface area (Å²) >= 11 is 0. The van der Waals surface area contributed by atoms with Gasteiger partial charge in [-0.05, 0) is 55.0 Å². The van der Waals surface area contributed by atoms with E-state index in [0.29, 0.717) is 19.1 Å². The molecule has 1 aliphatic heterocycles. The molecule has 7 heteroatoms. The lowest BCUT2D eigenvalue weighted by atomic mass is 10.2. The number of hydrogen-bond acceptors (Lipinski definition) is 7. The van der Waals surface area contributed by atoms with Crippen molar-refractivity contribution < 1.29 is 14.2 Å². The highest BCUT2D eigenvalue weighted by atomic mass is 16.7. The molecule has 1 aliphatic rings. The van der Waals surface area contributed by atoms with Crippen molar-refractivity contribution >= 4 is 17.5 Å². The van der Waals surface area contributed by atoms with Crippen molar-refractivity contribution in [1.82, 2.24) is 9.97 Å². The van der Waals surface area contributed by atoms with Crippen LogP contribution in [0, 0.1) is 0 Å². The summed E-state index contributed by atoms with van der Waals surface area (Å²) in [5.41, 5.74) is 1.98. The van der Waals surface area contributed by atoms with Gasteiger partial charge in [-0.3, -0.25) is 0 Å². The van der Waals surface area contributed by atoms with Gasteiger partial charge < -0.3 is 24.8 Å². The van der Waals surface area contributed by atoms with Crippen LogP contribution in [0.1, 0.15) is 12.5 Å². The van der Waals surface area contributed by atoms with Crippen LogP contribution in [-0.4, -0.2) is 23.4 Å². The monoisotopic (exact) mass is 364 g/mol. The molecule has 0 unspecified atom stereocenters. The van der Waals surface area contributed by atoms with Gasteiger partial charge >= 0.3 is 0 Å². The minimum atomic E-state index is 0.276. The van der Waals surface area contributed by atoms with E-state index in [9.17, 15) is 0 Å². The molecule has 7 nitrogen and oxygen atoms in total. The van der Waals surface area contributed by atoms with Crippen LogP contribution in [0.2, 0.25) is 0 Å². The number of rotatable bonds is 7. The van der Waals surface area contributed by atoms with Gasteiger partial charge in [0.05, 0.1) is 6.61 Å². The van der Waals surface area contributed by atoms with E-state index in [0.717, 1.165) is 34.3 Å². The molecule has 0 spiro atoms. The Morgan fingerprint density at radius 1 is 1.04 bits per heavy atom. The van der Waals surface area contributed by atoms with Crippen molar-refractivity contribution in [3.05, 3.63) is 60.3 Å². The van der Waals surface area contributed by atoms with Crippen LogP contribution >= 0.6 is 0 Å². The topological polar surface area (TPSA) is 77.5 Å². The van der Waals surface area contributed by atoms with Crippen molar-refractivity contribution in [2.75, 3.05) is 24.0 Å². The summed E-state index contributed by atoms with van der Waals surface area (Å²) in [6.07, 6.45) is 1.71. The van der Waals surface area contributed by atoms with Crippen LogP contribution in [0.3, 0.4) is 0 Å². The lowest BCUT2D eigenvalue weighted by molar-refractivity contribution is 0.174. The van der Waals surface area contributed by atoms with E-state index in [1.54, 1.807) is 6.20 Å². The Kier molecular flexibility index (Phi) is 4.91. The number of hydrogen-bond donors (Lipinski definition) is 2. The predicted octanol–water partition coefficient (Wildman–Crippen LogP) is 3.96. The maximum absolute atomic E-state index is 5.45. The largest absolute Gasteiger partial charge is 0.494 e. The van der Waals surface area contributed by atoms with Gasteiger partial charge in [0, 0.05) is 18.4 Å². The highest BCUT2D eigenvalue weighted by molar-refractivity contribution is 5.56. The van der Waals surface area contributed by atoms with Gasteiger partial charge in [0.25, 0.3) is 0 Å². The van der Waals surface area contributed by atoms with Crippen molar-refractivity contribution in [3.8, 4) is 17.2 Å². The smallest absolute Gasteiger partial charge is 0.231 e. The first-order valence-electron chi connectivity index (χ1n) is 8.75. The van der Waals surface area contributed by atoms with Crippen LogP contribution < -0.4 is 24.8 Å². The number of ether oxygens (including phenoxy) is 3. The second kappa shape index (κ2) is 7.82. The normalized spacial score (nSPS) is 11.9. The van der Waals surface area contributed by atoms with Crippen molar-refractivity contribution in [1.29, 1.82) is 0 Å². The van der Waals surface area contributed by atoms with E-state index in [4.69, 9.17) is 14.2 Å². The number of aromatic nitrogens is 2. The summed E-state index contributed by atoms with van der Waals surface area (Å²) < 4.78 is 16.2. The Hall–Kier alpha value is -3.48. The maximum Gasteiger partial charge on any atom is 0.231 e. The van der Waals surface area contributed by atoms with Gasteiger partial charge in [0.1, 0.15) is 11.6 Å². The summed E-state index contributed by atoms with van der Waals surface area (Å²) in [7, 11) is 0. The zero-order valence-corrected chi connectivity index (χ0v) is 14.9. The number of fused-ring (bicyclic) bond motifs is 1. The lowest BCUT2D eigenvalue weighted by Gasteiger charge is -2.09. The first-order chi connectivity index (χ1) is 13.3. The van der Waals surface area contributed by atoms with Crippen molar-refractivity contribution in [2.45, 2.75) is 13.5 Å². The molecule has 0 bridgehead atoms. The summed E-state index contributed by atoms with van der Waals surface area (Å²) in [4.78, 5) is 8.76. The molecule has 3 aromatic rings. The average Bonchev–Trinajstić information content (AvgIpc) is 3.16. The molecule has 0 atom stereocenters. The molecule has 138 valence electrons. The second-order valence-electron chi connectivity index (χ2n) is 5.89. The molecule has 0 fully saturated rings. The summed E-state index contributed by atoms with van der Waals surface area (Å²) in [6.45, 7) is 3.50. The quantitative estimate of drug-likeness (QED) is 0.657. The number of nitrogens with one attached hydrogen (secondary N) is 2. The minimum absolute atomic E-state index is 0.276. The fraction of sp³-hybridized carbons (Fsp3) is 0.200. The second-order valence-corrected chi connectivity index (χ2v) is 5.89. The third-order valence-electron chi connectivity index (χ3n) is 3.99. The number of anilines is 3. The minimum Gasteiger partial charge on any atom is -0.494 e. The van der Waals surface area contributed by atoms with E-state index in [1.165, 1.54) is 0 Å². The van der Waals surface area contributed by atoms with Gasteiger partial charge in [-0.25, -0.2) is 4.98 Å². The predicted molar refractivity (Wildman–Crippen MR) is 103 cm³/mol. The third kappa shape index (κ3) is 4.20. The summed E-state index contributed by atoms with van der Waals surface area (Å²) in [5, 5.41) is 6.49. The van der Waals surface area contributed by atoms with Crippen LogP contribution in [0.4, 0.5) is 17.5 Å². The van der Waals surface area contributed by atoms with Crippen molar-refractivity contribution in [2.24, 2.45) is 0 Å². The maximum atomic E-state index is 5.45. The zero-order valence-electron chi connectivity index (χ0n) is 14.9. The van der Waals surface area contributed by atoms with Gasteiger partial charge in [-0.15, -0.1) is 0 Å². The Bertz CT molecular complexity index is 915. The average molecular weight is 364 g/mol. The molecule has 27 heavy (non-hydrogen) atoms. The van der Waals surface area contributed by atoms with Gasteiger partial charge in [0.15, 0.2) is 11.5 Å². The van der Waals surface area contributed by atoms with E-state index < -0.39 is 0 Å². The van der Waals surface area contributed by atoms with Gasteiger partial charge in [-0.2, -0.15) is 4.98 Å². The Labute approximate surface area is 157 Å². The molecule has 1 aromatic heterocycles. The Morgan fingerprint density at radius 3 is 2.74 bits per heavy atom. The molecule has 2 N–H and O–H groups in total. The van der Waals surface area contributed by atoms with E-state index in [1.807, 2.05) is 55.5 Å². The van der Waals surface area contributed by atoms with E-state index in [-0.39, 0.29) is 6.79 Å². The van der Waals surface area contributed by atoms with Crippen LogP contribution in [0.25, 0.3) is 0 Å². The number of nitrogens with zero attached hydrogens (tertiary/aromatic N) is 2.